The summed E-state index contributed by atoms with van der Waals surface area (Å²) in [5, 5.41) is 0. The Bertz CT molecular complexity index is 623. The zero-order valence-corrected chi connectivity index (χ0v) is 14.1. The summed E-state index contributed by atoms with van der Waals surface area (Å²) in [5.41, 5.74) is 3.08. The van der Waals surface area contributed by atoms with Gasteiger partial charge in [-0.05, 0) is 45.1 Å². The molecule has 0 aliphatic carbocycles. The lowest BCUT2D eigenvalue weighted by atomic mass is 10.0. The van der Waals surface area contributed by atoms with E-state index in [0.29, 0.717) is 22.6 Å². The van der Waals surface area contributed by atoms with E-state index in [2.05, 4.69) is 59.0 Å². The van der Waals surface area contributed by atoms with Crippen molar-refractivity contribution < 1.29 is 4.79 Å². The molecule has 0 spiro atoms. The first-order valence-electron chi connectivity index (χ1n) is 6.93. The number of rotatable bonds is 4. The molecule has 4 heteroatoms. The Hall–Kier alpha value is -1.68. The predicted octanol–water partition coefficient (Wildman–Crippen LogP) is 4.24. The number of hydrogen-bond donors (Lipinski definition) is 0. The Morgan fingerprint density at radius 1 is 1.24 bits per heavy atom. The lowest BCUT2D eigenvalue weighted by molar-refractivity contribution is 0.0785. The number of amides is 1. The van der Waals surface area contributed by atoms with Gasteiger partial charge in [0.2, 0.25) is 0 Å². The Morgan fingerprint density at radius 3 is 2.48 bits per heavy atom. The minimum Gasteiger partial charge on any atom is -0.337 e. The van der Waals surface area contributed by atoms with E-state index in [-0.39, 0.29) is 5.91 Å². The van der Waals surface area contributed by atoms with Crippen molar-refractivity contribution >= 4 is 21.8 Å². The van der Waals surface area contributed by atoms with Crippen molar-refractivity contribution in [1.29, 1.82) is 0 Å². The molecular formula is C17H19BrN2O. The highest BCUT2D eigenvalue weighted by Gasteiger charge is 2.12. The fourth-order valence-electron chi connectivity index (χ4n) is 2.11. The second-order valence-corrected chi connectivity index (χ2v) is 6.24. The third-order valence-corrected chi connectivity index (χ3v) is 3.82. The van der Waals surface area contributed by atoms with Crippen LogP contribution in [0, 0.1) is 0 Å². The van der Waals surface area contributed by atoms with Gasteiger partial charge in [0, 0.05) is 25.4 Å². The molecule has 0 atom stereocenters. The molecule has 21 heavy (non-hydrogen) atoms. The molecule has 1 aromatic carbocycles. The third kappa shape index (κ3) is 4.14. The average Bonchev–Trinajstić information content (AvgIpc) is 2.47. The molecule has 1 heterocycles. The maximum absolute atomic E-state index is 12.4. The first-order valence-corrected chi connectivity index (χ1v) is 7.72. The molecule has 2 rings (SSSR count). The molecule has 0 fully saturated rings. The molecular weight excluding hydrogens is 328 g/mol. The van der Waals surface area contributed by atoms with E-state index in [0.717, 1.165) is 5.56 Å². The molecule has 0 radical (unpaired) electrons. The number of halogens is 1. The highest BCUT2D eigenvalue weighted by Crippen LogP contribution is 2.16. The van der Waals surface area contributed by atoms with Gasteiger partial charge in [0.05, 0.1) is 0 Å². The number of nitrogens with zero attached hydrogens (tertiary/aromatic N) is 2. The first kappa shape index (κ1) is 15.7. The molecule has 1 amide bonds. The summed E-state index contributed by atoms with van der Waals surface area (Å²) in [6.07, 6.45) is 1.63. The monoisotopic (exact) mass is 346 g/mol. The average molecular weight is 347 g/mol. The van der Waals surface area contributed by atoms with Gasteiger partial charge in [-0.1, -0.05) is 38.1 Å². The van der Waals surface area contributed by atoms with Gasteiger partial charge < -0.3 is 4.90 Å². The van der Waals surface area contributed by atoms with E-state index in [1.54, 1.807) is 23.2 Å². The number of pyridine rings is 1. The zero-order valence-electron chi connectivity index (χ0n) is 12.5. The number of hydrogen-bond acceptors (Lipinski definition) is 2. The third-order valence-electron chi connectivity index (χ3n) is 3.39. The lowest BCUT2D eigenvalue weighted by Crippen LogP contribution is -2.26. The highest BCUT2D eigenvalue weighted by atomic mass is 79.9. The van der Waals surface area contributed by atoms with Crippen LogP contribution >= 0.6 is 15.9 Å². The summed E-state index contributed by atoms with van der Waals surface area (Å²) >= 11 is 3.29. The van der Waals surface area contributed by atoms with Gasteiger partial charge in [0.25, 0.3) is 5.91 Å². The molecule has 0 aliphatic rings. The summed E-state index contributed by atoms with van der Waals surface area (Å²) in [7, 11) is 1.81. The Morgan fingerprint density at radius 2 is 1.90 bits per heavy atom. The number of aromatic nitrogens is 1. The minimum atomic E-state index is -0.00830. The van der Waals surface area contributed by atoms with Gasteiger partial charge in [-0.15, -0.1) is 0 Å². The zero-order chi connectivity index (χ0) is 15.4. The second-order valence-electron chi connectivity index (χ2n) is 5.42. The molecule has 0 saturated heterocycles. The largest absolute Gasteiger partial charge is 0.337 e. The first-order chi connectivity index (χ1) is 9.97. The summed E-state index contributed by atoms with van der Waals surface area (Å²) in [6.45, 7) is 4.94. The molecule has 0 N–H and O–H groups in total. The Labute approximate surface area is 134 Å². The number of carbonyl (C=O) groups excluding carboxylic acids is 1. The maximum Gasteiger partial charge on any atom is 0.254 e. The molecule has 2 aromatic rings. The van der Waals surface area contributed by atoms with Crippen LogP contribution in [0.25, 0.3) is 0 Å². The van der Waals surface area contributed by atoms with Crippen molar-refractivity contribution in [3.8, 4) is 0 Å². The van der Waals surface area contributed by atoms with E-state index in [9.17, 15) is 4.79 Å². The van der Waals surface area contributed by atoms with Crippen LogP contribution in [-0.4, -0.2) is 22.8 Å². The fraction of sp³-hybridized carbons (Fsp3) is 0.294. The van der Waals surface area contributed by atoms with E-state index >= 15 is 0 Å². The topological polar surface area (TPSA) is 33.2 Å². The minimum absolute atomic E-state index is 0.00830. The normalized spacial score (nSPS) is 10.7. The van der Waals surface area contributed by atoms with Gasteiger partial charge in [0.1, 0.15) is 4.60 Å². The lowest BCUT2D eigenvalue weighted by Gasteiger charge is -2.18. The smallest absolute Gasteiger partial charge is 0.254 e. The Kier molecular flexibility index (Phi) is 5.12. The predicted molar refractivity (Wildman–Crippen MR) is 88.3 cm³/mol. The van der Waals surface area contributed by atoms with Gasteiger partial charge in [-0.25, -0.2) is 4.98 Å². The van der Waals surface area contributed by atoms with Crippen LogP contribution in [-0.2, 0) is 6.54 Å². The van der Waals surface area contributed by atoms with Crippen molar-refractivity contribution in [2.45, 2.75) is 26.3 Å². The van der Waals surface area contributed by atoms with Crippen LogP contribution in [0.2, 0.25) is 0 Å². The molecule has 1 aromatic heterocycles. The van der Waals surface area contributed by atoms with Gasteiger partial charge >= 0.3 is 0 Å². The van der Waals surface area contributed by atoms with Crippen LogP contribution in [0.1, 0.15) is 41.3 Å². The van der Waals surface area contributed by atoms with Crippen molar-refractivity contribution in [1.82, 2.24) is 9.88 Å². The van der Waals surface area contributed by atoms with Gasteiger partial charge in [-0.3, -0.25) is 4.79 Å². The summed E-state index contributed by atoms with van der Waals surface area (Å²) in [6, 6.07) is 11.9. The van der Waals surface area contributed by atoms with E-state index in [1.807, 2.05) is 7.05 Å². The molecule has 0 saturated carbocycles. The fourth-order valence-corrected chi connectivity index (χ4v) is 2.47. The highest BCUT2D eigenvalue weighted by molar-refractivity contribution is 9.10. The van der Waals surface area contributed by atoms with Crippen molar-refractivity contribution in [3.05, 3.63) is 63.9 Å². The van der Waals surface area contributed by atoms with Crippen LogP contribution < -0.4 is 0 Å². The van der Waals surface area contributed by atoms with Crippen LogP contribution in [0.5, 0.6) is 0 Å². The summed E-state index contributed by atoms with van der Waals surface area (Å²) in [4.78, 5) is 18.1. The van der Waals surface area contributed by atoms with Crippen molar-refractivity contribution in [3.63, 3.8) is 0 Å². The van der Waals surface area contributed by atoms with E-state index in [4.69, 9.17) is 0 Å². The van der Waals surface area contributed by atoms with Crippen molar-refractivity contribution in [2.75, 3.05) is 7.05 Å². The molecule has 0 bridgehead atoms. The van der Waals surface area contributed by atoms with Crippen molar-refractivity contribution in [2.24, 2.45) is 0 Å². The van der Waals surface area contributed by atoms with Gasteiger partial charge in [0.15, 0.2) is 0 Å². The van der Waals surface area contributed by atoms with E-state index < -0.39 is 0 Å². The van der Waals surface area contributed by atoms with Crippen LogP contribution in [0.3, 0.4) is 0 Å². The molecule has 0 aliphatic heterocycles. The maximum atomic E-state index is 12.4. The number of carbonyl (C=O) groups is 1. The molecule has 0 unspecified atom stereocenters. The summed E-state index contributed by atoms with van der Waals surface area (Å²) < 4.78 is 0.669. The Balaban J connectivity index is 2.07. The number of benzene rings is 1. The molecule has 3 nitrogen and oxygen atoms in total. The van der Waals surface area contributed by atoms with Gasteiger partial charge in [-0.2, -0.15) is 0 Å². The van der Waals surface area contributed by atoms with E-state index in [1.165, 1.54) is 5.56 Å². The van der Waals surface area contributed by atoms with Crippen LogP contribution in [0.15, 0.2) is 47.2 Å². The standard InChI is InChI=1S/C17H19BrN2O/c1-12(2)14-6-4-13(5-7-14)11-20(3)17(21)15-8-9-19-16(18)10-15/h4-10,12H,11H2,1-3H3. The second kappa shape index (κ2) is 6.85. The summed E-state index contributed by atoms with van der Waals surface area (Å²) in [5.74, 6) is 0.513. The van der Waals surface area contributed by atoms with Crippen LogP contribution in [0.4, 0.5) is 0 Å². The quantitative estimate of drug-likeness (QED) is 0.775. The molecule has 110 valence electrons. The SMILES string of the molecule is CC(C)c1ccc(CN(C)C(=O)c2ccnc(Br)c2)cc1.